The first-order chi connectivity index (χ1) is 12.1. The van der Waals surface area contributed by atoms with Crippen molar-refractivity contribution < 1.29 is 14.3 Å². The second-order valence-corrected chi connectivity index (χ2v) is 6.37. The summed E-state index contributed by atoms with van der Waals surface area (Å²) in [5.74, 6) is 1.17. The molecule has 3 rings (SSSR count). The number of anilines is 1. The minimum absolute atomic E-state index is 0.175. The van der Waals surface area contributed by atoms with E-state index < -0.39 is 0 Å². The standard InChI is InChI=1S/C16H15ClN4O3S/c1-23-10-3-4-13(24-2)11(6-10)19-14(22)8-25-16-20-12-5-9(17)7-18-15(12)21-16/h3-7H,8H2,1-2H3,(H,19,22)(H,18,20,21). The number of pyridine rings is 1. The van der Waals surface area contributed by atoms with Gasteiger partial charge in [0.05, 0.1) is 36.2 Å². The van der Waals surface area contributed by atoms with Gasteiger partial charge < -0.3 is 19.8 Å². The lowest BCUT2D eigenvalue weighted by atomic mass is 10.2. The molecule has 0 fully saturated rings. The smallest absolute Gasteiger partial charge is 0.234 e. The van der Waals surface area contributed by atoms with E-state index in [1.807, 2.05) is 0 Å². The van der Waals surface area contributed by atoms with Gasteiger partial charge in [-0.2, -0.15) is 0 Å². The first-order valence-corrected chi connectivity index (χ1v) is 8.61. The number of aromatic nitrogens is 3. The van der Waals surface area contributed by atoms with E-state index in [0.29, 0.717) is 33.0 Å². The Morgan fingerprint density at radius 1 is 1.32 bits per heavy atom. The second kappa shape index (κ2) is 7.62. The van der Waals surface area contributed by atoms with Crippen LogP contribution in [0.3, 0.4) is 0 Å². The molecule has 0 aliphatic rings. The third kappa shape index (κ3) is 4.15. The number of fused-ring (bicyclic) bond motifs is 1. The van der Waals surface area contributed by atoms with Crippen LogP contribution in [-0.2, 0) is 4.79 Å². The maximum absolute atomic E-state index is 12.2. The number of rotatable bonds is 6. The fourth-order valence-electron chi connectivity index (χ4n) is 2.15. The highest BCUT2D eigenvalue weighted by molar-refractivity contribution is 7.99. The number of imidazole rings is 1. The minimum Gasteiger partial charge on any atom is -0.497 e. The molecular weight excluding hydrogens is 364 g/mol. The van der Waals surface area contributed by atoms with Gasteiger partial charge in [0.2, 0.25) is 5.91 Å². The van der Waals surface area contributed by atoms with E-state index in [2.05, 4.69) is 20.3 Å². The first kappa shape index (κ1) is 17.4. The Morgan fingerprint density at radius 3 is 2.92 bits per heavy atom. The summed E-state index contributed by atoms with van der Waals surface area (Å²) < 4.78 is 10.4. The largest absolute Gasteiger partial charge is 0.497 e. The number of nitrogens with zero attached hydrogens (tertiary/aromatic N) is 2. The Hall–Kier alpha value is -2.45. The molecule has 0 radical (unpaired) electrons. The molecule has 1 amide bonds. The summed E-state index contributed by atoms with van der Waals surface area (Å²) in [7, 11) is 3.10. The lowest BCUT2D eigenvalue weighted by Gasteiger charge is -2.11. The zero-order valence-corrected chi connectivity index (χ0v) is 15.1. The molecule has 0 spiro atoms. The van der Waals surface area contributed by atoms with Crippen molar-refractivity contribution in [3.63, 3.8) is 0 Å². The molecule has 0 atom stereocenters. The summed E-state index contributed by atoms with van der Waals surface area (Å²) in [6, 6.07) is 6.93. The van der Waals surface area contributed by atoms with Crippen LogP contribution in [-0.4, -0.2) is 40.8 Å². The Morgan fingerprint density at radius 2 is 2.16 bits per heavy atom. The monoisotopic (exact) mass is 378 g/mol. The van der Waals surface area contributed by atoms with Crippen LogP contribution in [0.25, 0.3) is 11.2 Å². The fraction of sp³-hybridized carbons (Fsp3) is 0.188. The van der Waals surface area contributed by atoms with Gasteiger partial charge in [-0.3, -0.25) is 4.79 Å². The molecule has 0 saturated heterocycles. The molecule has 2 aromatic heterocycles. The number of hydrogen-bond acceptors (Lipinski definition) is 6. The van der Waals surface area contributed by atoms with E-state index in [1.54, 1.807) is 38.5 Å². The lowest BCUT2D eigenvalue weighted by molar-refractivity contribution is -0.113. The molecule has 0 bridgehead atoms. The zero-order chi connectivity index (χ0) is 17.8. The predicted molar refractivity (Wildman–Crippen MR) is 97.8 cm³/mol. The highest BCUT2D eigenvalue weighted by Gasteiger charge is 2.11. The highest BCUT2D eigenvalue weighted by atomic mass is 35.5. The third-order valence-corrected chi connectivity index (χ3v) is 4.38. The molecule has 0 aliphatic carbocycles. The molecule has 130 valence electrons. The van der Waals surface area contributed by atoms with E-state index in [0.717, 1.165) is 5.52 Å². The molecule has 0 saturated carbocycles. The number of amides is 1. The van der Waals surface area contributed by atoms with E-state index in [-0.39, 0.29) is 11.7 Å². The van der Waals surface area contributed by atoms with Crippen molar-refractivity contribution >= 4 is 46.1 Å². The number of ether oxygens (including phenoxy) is 2. The van der Waals surface area contributed by atoms with Gasteiger partial charge in [-0.15, -0.1) is 0 Å². The normalized spacial score (nSPS) is 10.7. The van der Waals surface area contributed by atoms with Gasteiger partial charge in [0.15, 0.2) is 10.8 Å². The van der Waals surface area contributed by atoms with Gasteiger partial charge in [0.25, 0.3) is 0 Å². The van der Waals surface area contributed by atoms with Gasteiger partial charge in [-0.05, 0) is 18.2 Å². The SMILES string of the molecule is COc1ccc(OC)c(NC(=O)CSc2nc3ncc(Cl)cc3[nH]2)c1. The molecule has 7 nitrogen and oxygen atoms in total. The van der Waals surface area contributed by atoms with Gasteiger partial charge in [0, 0.05) is 12.3 Å². The quantitative estimate of drug-likeness (QED) is 0.639. The number of carbonyl (C=O) groups excluding carboxylic acids is 1. The number of thioether (sulfide) groups is 1. The maximum Gasteiger partial charge on any atom is 0.234 e. The van der Waals surface area contributed by atoms with Crippen molar-refractivity contribution in [2.75, 3.05) is 25.3 Å². The van der Waals surface area contributed by atoms with E-state index >= 15 is 0 Å². The molecule has 0 aliphatic heterocycles. The van der Waals surface area contributed by atoms with E-state index in [9.17, 15) is 4.79 Å². The van der Waals surface area contributed by atoms with Crippen LogP contribution in [0.2, 0.25) is 5.02 Å². The zero-order valence-electron chi connectivity index (χ0n) is 13.5. The van der Waals surface area contributed by atoms with E-state index in [4.69, 9.17) is 21.1 Å². The van der Waals surface area contributed by atoms with Crippen LogP contribution >= 0.6 is 23.4 Å². The lowest BCUT2D eigenvalue weighted by Crippen LogP contribution is -2.14. The number of nitrogens with one attached hydrogen (secondary N) is 2. The summed E-state index contributed by atoms with van der Waals surface area (Å²) in [4.78, 5) is 23.7. The van der Waals surface area contributed by atoms with E-state index in [1.165, 1.54) is 18.0 Å². The number of hydrogen-bond donors (Lipinski definition) is 2. The number of methoxy groups -OCH3 is 2. The summed E-state index contributed by atoms with van der Waals surface area (Å²) in [5.41, 5.74) is 1.83. The van der Waals surface area contributed by atoms with Crippen LogP contribution in [0, 0.1) is 0 Å². The molecule has 3 aromatic rings. The Kier molecular flexibility index (Phi) is 5.30. The summed E-state index contributed by atoms with van der Waals surface area (Å²) >= 11 is 7.16. The second-order valence-electron chi connectivity index (χ2n) is 4.97. The van der Waals surface area contributed by atoms with Gasteiger partial charge >= 0.3 is 0 Å². The molecule has 0 unspecified atom stereocenters. The summed E-state index contributed by atoms with van der Waals surface area (Å²) in [6.45, 7) is 0. The van der Waals surface area contributed by atoms with Crippen LogP contribution in [0.15, 0.2) is 35.6 Å². The predicted octanol–water partition coefficient (Wildman–Crippen LogP) is 3.36. The summed E-state index contributed by atoms with van der Waals surface area (Å²) in [5, 5.41) is 3.92. The molecule has 1 aromatic carbocycles. The van der Waals surface area contributed by atoms with Gasteiger partial charge in [0.1, 0.15) is 11.5 Å². The number of H-pyrrole nitrogens is 1. The molecule has 25 heavy (non-hydrogen) atoms. The maximum atomic E-state index is 12.2. The topological polar surface area (TPSA) is 89.1 Å². The molecule has 9 heteroatoms. The van der Waals surface area contributed by atoms with Gasteiger partial charge in [-0.1, -0.05) is 23.4 Å². The average Bonchev–Trinajstić information content (AvgIpc) is 3.02. The summed E-state index contributed by atoms with van der Waals surface area (Å²) in [6.07, 6.45) is 1.53. The number of carbonyl (C=O) groups is 1. The van der Waals surface area contributed by atoms with Crippen molar-refractivity contribution in [3.8, 4) is 11.5 Å². The van der Waals surface area contributed by atoms with Crippen molar-refractivity contribution in [2.45, 2.75) is 5.16 Å². The fourth-order valence-corrected chi connectivity index (χ4v) is 2.98. The van der Waals surface area contributed by atoms with Crippen LogP contribution < -0.4 is 14.8 Å². The van der Waals surface area contributed by atoms with Crippen molar-refractivity contribution in [1.29, 1.82) is 0 Å². The third-order valence-electron chi connectivity index (χ3n) is 3.30. The Labute approximate surface area is 153 Å². The Bertz CT molecular complexity index is 916. The van der Waals surface area contributed by atoms with Crippen LogP contribution in [0.1, 0.15) is 0 Å². The van der Waals surface area contributed by atoms with Crippen molar-refractivity contribution in [3.05, 3.63) is 35.5 Å². The minimum atomic E-state index is -0.192. The average molecular weight is 379 g/mol. The number of aromatic amines is 1. The Balaban J connectivity index is 1.66. The van der Waals surface area contributed by atoms with Crippen LogP contribution in [0.5, 0.6) is 11.5 Å². The first-order valence-electron chi connectivity index (χ1n) is 7.25. The number of benzene rings is 1. The van der Waals surface area contributed by atoms with Gasteiger partial charge in [-0.25, -0.2) is 9.97 Å². The van der Waals surface area contributed by atoms with Crippen molar-refractivity contribution in [1.82, 2.24) is 15.0 Å². The molecule has 2 N–H and O–H groups in total. The van der Waals surface area contributed by atoms with Crippen molar-refractivity contribution in [2.24, 2.45) is 0 Å². The molecular formula is C16H15ClN4O3S. The number of halogens is 1. The van der Waals surface area contributed by atoms with Crippen LogP contribution in [0.4, 0.5) is 5.69 Å². The molecule has 2 heterocycles. The highest BCUT2D eigenvalue weighted by Crippen LogP contribution is 2.29.